The van der Waals surface area contributed by atoms with Crippen molar-refractivity contribution in [1.29, 1.82) is 0 Å². The van der Waals surface area contributed by atoms with Crippen LogP contribution >= 0.6 is 0 Å². The Morgan fingerprint density at radius 3 is 2.88 bits per heavy atom. The zero-order chi connectivity index (χ0) is 11.5. The minimum Gasteiger partial charge on any atom is -0.494 e. The number of aliphatic hydroxyl groups is 1. The summed E-state index contributed by atoms with van der Waals surface area (Å²) in [5, 5.41) is 8.89. The number of aliphatic hydroxyl groups excluding tert-OH is 1. The lowest BCUT2D eigenvalue weighted by Crippen LogP contribution is -2.47. The highest BCUT2D eigenvalue weighted by Gasteiger charge is 2.26. The quantitative estimate of drug-likeness (QED) is 0.837. The molecule has 0 unspecified atom stereocenters. The van der Waals surface area contributed by atoms with Gasteiger partial charge in [-0.05, 0) is 6.07 Å². The highest BCUT2D eigenvalue weighted by Crippen LogP contribution is 2.24. The Morgan fingerprint density at radius 1 is 1.50 bits per heavy atom. The van der Waals surface area contributed by atoms with Gasteiger partial charge in [-0.1, -0.05) is 12.1 Å². The summed E-state index contributed by atoms with van der Waals surface area (Å²) < 4.78 is 18.7. The maximum absolute atomic E-state index is 13.8. The first-order chi connectivity index (χ1) is 7.74. The molecule has 0 aromatic heterocycles. The van der Waals surface area contributed by atoms with Crippen LogP contribution in [0.1, 0.15) is 5.56 Å². The van der Waals surface area contributed by atoms with E-state index in [0.717, 1.165) is 13.1 Å². The van der Waals surface area contributed by atoms with Gasteiger partial charge in [-0.15, -0.1) is 0 Å². The second-order valence-corrected chi connectivity index (χ2v) is 4.18. The standard InChI is InChI=1S/C12H16FNO2/c1-16-11-4-2-3-10(12(11)13)7-14-5-9(6-14)8-15/h2-4,9,15H,5-8H2,1H3. The molecule has 88 valence electrons. The number of likely N-dealkylation sites (tertiary alicyclic amines) is 1. The molecule has 1 aromatic rings. The van der Waals surface area contributed by atoms with Gasteiger partial charge >= 0.3 is 0 Å². The first-order valence-electron chi connectivity index (χ1n) is 5.39. The van der Waals surface area contributed by atoms with E-state index in [1.807, 2.05) is 0 Å². The predicted molar refractivity (Wildman–Crippen MR) is 58.8 cm³/mol. The normalized spacial score (nSPS) is 17.2. The molecule has 0 bridgehead atoms. The van der Waals surface area contributed by atoms with Crippen molar-refractivity contribution in [2.24, 2.45) is 5.92 Å². The van der Waals surface area contributed by atoms with Gasteiger partial charge in [0, 0.05) is 37.7 Å². The third-order valence-electron chi connectivity index (χ3n) is 2.95. The third-order valence-corrected chi connectivity index (χ3v) is 2.95. The third kappa shape index (κ3) is 2.18. The van der Waals surface area contributed by atoms with Crippen molar-refractivity contribution < 1.29 is 14.2 Å². The topological polar surface area (TPSA) is 32.7 Å². The van der Waals surface area contributed by atoms with E-state index in [9.17, 15) is 4.39 Å². The summed E-state index contributed by atoms with van der Waals surface area (Å²) in [5.74, 6) is 0.364. The molecule has 1 heterocycles. The van der Waals surface area contributed by atoms with Gasteiger partial charge in [0.2, 0.25) is 0 Å². The largest absolute Gasteiger partial charge is 0.494 e. The molecule has 3 nitrogen and oxygen atoms in total. The number of nitrogens with zero attached hydrogens (tertiary/aromatic N) is 1. The molecule has 16 heavy (non-hydrogen) atoms. The van der Waals surface area contributed by atoms with Gasteiger partial charge in [0.1, 0.15) is 0 Å². The molecule has 0 spiro atoms. The zero-order valence-electron chi connectivity index (χ0n) is 9.32. The summed E-state index contributed by atoms with van der Waals surface area (Å²) in [6.45, 7) is 2.48. The minimum absolute atomic E-state index is 0.219. The first-order valence-corrected chi connectivity index (χ1v) is 5.39. The average molecular weight is 225 g/mol. The fourth-order valence-electron chi connectivity index (χ4n) is 2.00. The van der Waals surface area contributed by atoms with Crippen molar-refractivity contribution in [3.05, 3.63) is 29.6 Å². The molecule has 1 saturated heterocycles. The molecule has 4 heteroatoms. The van der Waals surface area contributed by atoms with Crippen LogP contribution in [0.25, 0.3) is 0 Å². The lowest BCUT2D eigenvalue weighted by Gasteiger charge is -2.38. The SMILES string of the molecule is COc1cccc(CN2CC(CO)C2)c1F. The monoisotopic (exact) mass is 225 g/mol. The predicted octanol–water partition coefficient (Wildman–Crippen LogP) is 1.26. The van der Waals surface area contributed by atoms with Gasteiger partial charge in [-0.2, -0.15) is 0 Å². The Labute approximate surface area is 94.4 Å². The lowest BCUT2D eigenvalue weighted by atomic mass is 10.0. The van der Waals surface area contributed by atoms with Crippen LogP contribution in [-0.2, 0) is 6.54 Å². The van der Waals surface area contributed by atoms with Crippen LogP contribution in [-0.4, -0.2) is 36.8 Å². The number of hydrogen-bond donors (Lipinski definition) is 1. The lowest BCUT2D eigenvalue weighted by molar-refractivity contribution is 0.0470. The van der Waals surface area contributed by atoms with Gasteiger partial charge in [0.15, 0.2) is 11.6 Å². The fourth-order valence-corrected chi connectivity index (χ4v) is 2.00. The molecular formula is C12H16FNO2. The van der Waals surface area contributed by atoms with Crippen molar-refractivity contribution in [3.63, 3.8) is 0 Å². The van der Waals surface area contributed by atoms with E-state index in [1.54, 1.807) is 18.2 Å². The van der Waals surface area contributed by atoms with Crippen LogP contribution in [0.15, 0.2) is 18.2 Å². The maximum atomic E-state index is 13.8. The molecule has 0 amide bonds. The van der Waals surface area contributed by atoms with Crippen molar-refractivity contribution in [2.45, 2.75) is 6.54 Å². The van der Waals surface area contributed by atoms with Crippen LogP contribution in [0.5, 0.6) is 5.75 Å². The second-order valence-electron chi connectivity index (χ2n) is 4.18. The fraction of sp³-hybridized carbons (Fsp3) is 0.500. The molecule has 2 rings (SSSR count). The van der Waals surface area contributed by atoms with Gasteiger partial charge in [0.05, 0.1) is 7.11 Å². The van der Waals surface area contributed by atoms with Gasteiger partial charge in [-0.3, -0.25) is 4.90 Å². The molecule has 1 N–H and O–H groups in total. The van der Waals surface area contributed by atoms with Crippen molar-refractivity contribution in [3.8, 4) is 5.75 Å². The van der Waals surface area contributed by atoms with E-state index in [4.69, 9.17) is 9.84 Å². The second kappa shape index (κ2) is 4.80. The van der Waals surface area contributed by atoms with Gasteiger partial charge < -0.3 is 9.84 Å². The van der Waals surface area contributed by atoms with E-state index < -0.39 is 0 Å². The van der Waals surface area contributed by atoms with Gasteiger partial charge in [-0.25, -0.2) is 4.39 Å². The van der Waals surface area contributed by atoms with Gasteiger partial charge in [0.25, 0.3) is 0 Å². The first kappa shape index (κ1) is 11.4. The molecule has 1 aliphatic heterocycles. The van der Waals surface area contributed by atoms with Crippen LogP contribution in [0.2, 0.25) is 0 Å². The highest BCUT2D eigenvalue weighted by molar-refractivity contribution is 5.31. The minimum atomic E-state index is -0.280. The van der Waals surface area contributed by atoms with E-state index in [1.165, 1.54) is 7.11 Å². The number of benzene rings is 1. The Bertz CT molecular complexity index is 364. The Kier molecular flexibility index (Phi) is 3.41. The van der Waals surface area contributed by atoms with Crippen LogP contribution in [0.3, 0.4) is 0 Å². The molecule has 0 aliphatic carbocycles. The summed E-state index contributed by atoms with van der Waals surface area (Å²) >= 11 is 0. The van der Waals surface area contributed by atoms with E-state index in [2.05, 4.69) is 4.90 Å². The molecule has 1 fully saturated rings. The van der Waals surface area contributed by atoms with Crippen molar-refractivity contribution >= 4 is 0 Å². The Morgan fingerprint density at radius 2 is 2.25 bits per heavy atom. The average Bonchev–Trinajstić information content (AvgIpc) is 2.25. The smallest absolute Gasteiger partial charge is 0.169 e. The number of halogens is 1. The maximum Gasteiger partial charge on any atom is 0.169 e. The van der Waals surface area contributed by atoms with E-state index in [-0.39, 0.29) is 18.2 Å². The van der Waals surface area contributed by atoms with Crippen molar-refractivity contribution in [1.82, 2.24) is 4.90 Å². The highest BCUT2D eigenvalue weighted by atomic mass is 19.1. The Balaban J connectivity index is 2.00. The molecule has 1 aromatic carbocycles. The summed E-state index contributed by atoms with van der Waals surface area (Å²) in [6.07, 6.45) is 0. The van der Waals surface area contributed by atoms with E-state index >= 15 is 0 Å². The number of rotatable bonds is 4. The Hall–Kier alpha value is -1.13. The summed E-state index contributed by atoms with van der Waals surface area (Å²) in [7, 11) is 1.47. The molecule has 0 radical (unpaired) electrons. The van der Waals surface area contributed by atoms with Crippen LogP contribution in [0, 0.1) is 11.7 Å². The molecule has 0 saturated carbocycles. The van der Waals surface area contributed by atoms with Crippen molar-refractivity contribution in [2.75, 3.05) is 26.8 Å². The molecule has 0 atom stereocenters. The molecular weight excluding hydrogens is 209 g/mol. The number of methoxy groups -OCH3 is 1. The van der Waals surface area contributed by atoms with Crippen LogP contribution in [0.4, 0.5) is 4.39 Å². The summed E-state index contributed by atoms with van der Waals surface area (Å²) in [5.41, 5.74) is 0.649. The summed E-state index contributed by atoms with van der Waals surface area (Å²) in [4.78, 5) is 2.11. The van der Waals surface area contributed by atoms with Crippen LogP contribution < -0.4 is 4.74 Å². The molecule has 1 aliphatic rings. The number of ether oxygens (including phenoxy) is 1. The summed E-state index contributed by atoms with van der Waals surface area (Å²) in [6, 6.07) is 5.18. The van der Waals surface area contributed by atoms with E-state index in [0.29, 0.717) is 18.0 Å². The zero-order valence-corrected chi connectivity index (χ0v) is 9.32. The number of hydrogen-bond acceptors (Lipinski definition) is 3.